The molecule has 0 atom stereocenters. The van der Waals surface area contributed by atoms with Crippen LogP contribution in [-0.2, 0) is 0 Å². The summed E-state index contributed by atoms with van der Waals surface area (Å²) in [6.07, 6.45) is 5.37. The van der Waals surface area contributed by atoms with E-state index in [9.17, 15) is 9.18 Å². The molecular weight excluding hydrogens is 375 g/mol. The van der Waals surface area contributed by atoms with E-state index in [1.165, 1.54) is 23.5 Å². The van der Waals surface area contributed by atoms with E-state index in [1.54, 1.807) is 35.8 Å². The van der Waals surface area contributed by atoms with E-state index in [-0.39, 0.29) is 11.7 Å². The fraction of sp³-hybridized carbons (Fsp3) is 0.182. The number of nitrogens with one attached hydrogen (secondary N) is 1. The highest BCUT2D eigenvalue weighted by molar-refractivity contribution is 7.13. The molecule has 0 fully saturated rings. The van der Waals surface area contributed by atoms with Gasteiger partial charge < -0.3 is 4.74 Å². The molecule has 0 spiro atoms. The molecule has 0 saturated carbocycles. The van der Waals surface area contributed by atoms with Gasteiger partial charge in [-0.2, -0.15) is 0 Å². The first-order valence-corrected chi connectivity index (χ1v) is 9.80. The average molecular weight is 396 g/mol. The monoisotopic (exact) mass is 396 g/mol. The van der Waals surface area contributed by atoms with Gasteiger partial charge in [-0.25, -0.2) is 9.37 Å². The fourth-order valence-electron chi connectivity index (χ4n) is 2.42. The number of ether oxygens (including phenoxy) is 1. The number of carbonyl (C=O) groups is 1. The summed E-state index contributed by atoms with van der Waals surface area (Å²) in [5.41, 5.74) is 2.16. The van der Waals surface area contributed by atoms with Gasteiger partial charge in [-0.1, -0.05) is 38.1 Å². The smallest absolute Gasteiger partial charge is 0.257 e. The Balaban J connectivity index is 1.85. The second-order valence-corrected chi connectivity index (χ2v) is 7.57. The molecule has 0 aliphatic heterocycles. The minimum atomic E-state index is -0.276. The molecule has 1 amide bonds. The van der Waals surface area contributed by atoms with Crippen molar-refractivity contribution in [3.8, 4) is 5.75 Å². The highest BCUT2D eigenvalue weighted by Gasteiger charge is 2.11. The summed E-state index contributed by atoms with van der Waals surface area (Å²) in [5.74, 6) is 0.467. The predicted molar refractivity (Wildman–Crippen MR) is 112 cm³/mol. The first-order valence-electron chi connectivity index (χ1n) is 8.92. The molecule has 1 N–H and O–H groups in total. The molecule has 0 unspecified atom stereocenters. The molecule has 0 saturated heterocycles. The van der Waals surface area contributed by atoms with Crippen LogP contribution < -0.4 is 10.1 Å². The number of aromatic nitrogens is 1. The topological polar surface area (TPSA) is 51.2 Å². The minimum absolute atomic E-state index is 0.249. The van der Waals surface area contributed by atoms with Crippen LogP contribution in [0.5, 0.6) is 5.75 Å². The van der Waals surface area contributed by atoms with Crippen molar-refractivity contribution >= 4 is 34.5 Å². The maximum absolute atomic E-state index is 13.1. The van der Waals surface area contributed by atoms with E-state index in [1.807, 2.05) is 18.2 Å². The van der Waals surface area contributed by atoms with Gasteiger partial charge in [0, 0.05) is 17.1 Å². The van der Waals surface area contributed by atoms with Crippen molar-refractivity contribution in [2.45, 2.75) is 13.8 Å². The number of halogens is 1. The van der Waals surface area contributed by atoms with Gasteiger partial charge in [0.1, 0.15) is 11.6 Å². The lowest BCUT2D eigenvalue weighted by atomic mass is 10.1. The number of carbonyl (C=O) groups excluding carboxylic acids is 1. The highest BCUT2D eigenvalue weighted by atomic mass is 32.1. The summed E-state index contributed by atoms with van der Waals surface area (Å²) in [4.78, 5) is 16.7. The maximum atomic E-state index is 13.1. The van der Waals surface area contributed by atoms with Gasteiger partial charge in [0.15, 0.2) is 5.13 Å². The van der Waals surface area contributed by atoms with Crippen LogP contribution in [0.2, 0.25) is 0 Å². The zero-order valence-corrected chi connectivity index (χ0v) is 16.5. The Hall–Kier alpha value is -2.99. The molecule has 2 aromatic carbocycles. The largest absolute Gasteiger partial charge is 0.493 e. The predicted octanol–water partition coefficient (Wildman–Crippen LogP) is 5.74. The number of anilines is 1. The zero-order chi connectivity index (χ0) is 19.9. The number of hydrogen-bond donors (Lipinski definition) is 1. The van der Waals surface area contributed by atoms with Gasteiger partial charge in [0.2, 0.25) is 0 Å². The molecule has 6 heteroatoms. The molecule has 0 aliphatic carbocycles. The summed E-state index contributed by atoms with van der Waals surface area (Å²) in [6, 6.07) is 11.6. The Morgan fingerprint density at radius 2 is 1.93 bits per heavy atom. The summed E-state index contributed by atoms with van der Waals surface area (Å²) >= 11 is 1.36. The van der Waals surface area contributed by atoms with Gasteiger partial charge in [-0.3, -0.25) is 10.1 Å². The van der Waals surface area contributed by atoms with Crippen LogP contribution in [0.25, 0.3) is 12.2 Å². The number of benzene rings is 2. The van der Waals surface area contributed by atoms with E-state index in [4.69, 9.17) is 4.74 Å². The Kier molecular flexibility index (Phi) is 6.55. The normalized spacial score (nSPS) is 11.1. The van der Waals surface area contributed by atoms with E-state index < -0.39 is 0 Å². The van der Waals surface area contributed by atoms with E-state index in [0.29, 0.717) is 29.0 Å². The second-order valence-electron chi connectivity index (χ2n) is 6.67. The van der Waals surface area contributed by atoms with E-state index in [0.717, 1.165) is 11.1 Å². The van der Waals surface area contributed by atoms with E-state index >= 15 is 0 Å². The second kappa shape index (κ2) is 9.28. The number of thiazole rings is 1. The van der Waals surface area contributed by atoms with Gasteiger partial charge >= 0.3 is 0 Å². The van der Waals surface area contributed by atoms with Crippen LogP contribution in [0.15, 0.2) is 54.0 Å². The van der Waals surface area contributed by atoms with Crippen molar-refractivity contribution in [1.82, 2.24) is 4.98 Å². The standard InChI is InChI=1S/C22H21FN2O2S/c1-15(2)14-27-20-12-17(4-3-16-5-7-19(23)8-6-16)11-18(13-20)21(26)25-22-24-9-10-28-22/h3-13,15H,14H2,1-2H3,(H,24,25,26)/b4-3+. The number of rotatable bonds is 7. The summed E-state index contributed by atoms with van der Waals surface area (Å²) < 4.78 is 18.9. The third kappa shape index (κ3) is 5.76. The quantitative estimate of drug-likeness (QED) is 0.518. The molecular formula is C22H21FN2O2S. The maximum Gasteiger partial charge on any atom is 0.257 e. The Bertz CT molecular complexity index is 951. The van der Waals surface area contributed by atoms with E-state index in [2.05, 4.69) is 24.1 Å². The first-order chi connectivity index (χ1) is 13.5. The van der Waals surface area contributed by atoms with Crippen molar-refractivity contribution in [2.75, 3.05) is 11.9 Å². The van der Waals surface area contributed by atoms with Crippen molar-refractivity contribution in [2.24, 2.45) is 5.92 Å². The Morgan fingerprint density at radius 3 is 2.61 bits per heavy atom. The fourth-order valence-corrected chi connectivity index (χ4v) is 2.94. The lowest BCUT2D eigenvalue weighted by Gasteiger charge is -2.11. The van der Waals surface area contributed by atoms with Crippen LogP contribution in [0, 0.1) is 11.7 Å². The van der Waals surface area contributed by atoms with Crippen LogP contribution in [0.1, 0.15) is 35.3 Å². The lowest BCUT2D eigenvalue weighted by Crippen LogP contribution is -2.12. The number of amides is 1. The van der Waals surface area contributed by atoms with Crippen molar-refractivity contribution < 1.29 is 13.9 Å². The molecule has 0 bridgehead atoms. The molecule has 0 radical (unpaired) electrons. The van der Waals surface area contributed by atoms with Crippen LogP contribution >= 0.6 is 11.3 Å². The SMILES string of the molecule is CC(C)COc1cc(/C=C/c2ccc(F)cc2)cc(C(=O)Nc2nccs2)c1. The molecule has 4 nitrogen and oxygen atoms in total. The highest BCUT2D eigenvalue weighted by Crippen LogP contribution is 2.22. The number of nitrogens with zero attached hydrogens (tertiary/aromatic N) is 1. The van der Waals surface area contributed by atoms with Crippen molar-refractivity contribution in [1.29, 1.82) is 0 Å². The average Bonchev–Trinajstić information content (AvgIpc) is 3.19. The van der Waals surface area contributed by atoms with Gasteiger partial charge in [0.25, 0.3) is 5.91 Å². The molecule has 3 rings (SSSR count). The molecule has 1 aromatic heterocycles. The van der Waals surface area contributed by atoms with Gasteiger partial charge in [0.05, 0.1) is 6.61 Å². The third-order valence-corrected chi connectivity index (χ3v) is 4.45. The molecule has 0 aliphatic rings. The Morgan fingerprint density at radius 1 is 1.18 bits per heavy atom. The minimum Gasteiger partial charge on any atom is -0.493 e. The van der Waals surface area contributed by atoms with Crippen LogP contribution in [-0.4, -0.2) is 17.5 Å². The molecule has 3 aromatic rings. The molecule has 144 valence electrons. The molecule has 28 heavy (non-hydrogen) atoms. The number of hydrogen-bond acceptors (Lipinski definition) is 4. The van der Waals surface area contributed by atoms with Gasteiger partial charge in [-0.05, 0) is 47.4 Å². The van der Waals surface area contributed by atoms with Crippen LogP contribution in [0.4, 0.5) is 9.52 Å². The summed E-state index contributed by atoms with van der Waals surface area (Å²) in [6.45, 7) is 4.68. The zero-order valence-electron chi connectivity index (χ0n) is 15.7. The third-order valence-electron chi connectivity index (χ3n) is 3.77. The van der Waals surface area contributed by atoms with Crippen LogP contribution in [0.3, 0.4) is 0 Å². The summed E-state index contributed by atoms with van der Waals surface area (Å²) in [5, 5.41) is 5.13. The first kappa shape index (κ1) is 19.8. The molecule has 1 heterocycles. The van der Waals surface area contributed by atoms with Gasteiger partial charge in [-0.15, -0.1) is 11.3 Å². The summed E-state index contributed by atoms with van der Waals surface area (Å²) in [7, 11) is 0. The lowest BCUT2D eigenvalue weighted by molar-refractivity contribution is 0.102. The van der Waals surface area contributed by atoms with Crippen molar-refractivity contribution in [3.05, 3.63) is 76.5 Å². The Labute approximate surface area is 167 Å². The van der Waals surface area contributed by atoms with Crippen molar-refractivity contribution in [3.63, 3.8) is 0 Å².